The number of fused-ring (bicyclic) bond motifs is 2. The Morgan fingerprint density at radius 3 is 2.88 bits per heavy atom. The molecule has 2 amide bonds. The molecule has 1 fully saturated rings. The first-order valence-corrected chi connectivity index (χ1v) is 8.61. The summed E-state index contributed by atoms with van der Waals surface area (Å²) in [6.07, 6.45) is -0.407. The van der Waals surface area contributed by atoms with E-state index in [9.17, 15) is 9.59 Å². The number of benzene rings is 1. The van der Waals surface area contributed by atoms with Crippen molar-refractivity contribution in [2.24, 2.45) is 5.92 Å². The molecule has 2 aliphatic heterocycles. The van der Waals surface area contributed by atoms with Crippen LogP contribution in [-0.2, 0) is 9.59 Å². The SMILES string of the molecule is CNC(=O)C1=C(C)C2C(=O)NC(c3cc4ccccc4o3)NC2S1. The second-order valence-corrected chi connectivity index (χ2v) is 7.05. The van der Waals surface area contributed by atoms with E-state index in [0.29, 0.717) is 10.7 Å². The molecule has 1 saturated heterocycles. The van der Waals surface area contributed by atoms with Gasteiger partial charge in [0.05, 0.1) is 16.2 Å². The highest BCUT2D eigenvalue weighted by molar-refractivity contribution is 8.04. The van der Waals surface area contributed by atoms with E-state index in [-0.39, 0.29) is 23.1 Å². The first-order valence-electron chi connectivity index (χ1n) is 7.73. The normalized spacial score (nSPS) is 26.4. The minimum Gasteiger partial charge on any atom is -0.457 e. The van der Waals surface area contributed by atoms with Gasteiger partial charge in [-0.25, -0.2) is 0 Å². The number of hydrogen-bond acceptors (Lipinski definition) is 5. The van der Waals surface area contributed by atoms with Crippen LogP contribution >= 0.6 is 11.8 Å². The maximum Gasteiger partial charge on any atom is 0.257 e. The highest BCUT2D eigenvalue weighted by Crippen LogP contribution is 2.43. The lowest BCUT2D eigenvalue weighted by Crippen LogP contribution is -2.54. The maximum absolute atomic E-state index is 12.6. The van der Waals surface area contributed by atoms with E-state index in [1.54, 1.807) is 7.05 Å². The summed E-state index contributed by atoms with van der Waals surface area (Å²) in [7, 11) is 1.59. The van der Waals surface area contributed by atoms with Crippen LogP contribution in [-0.4, -0.2) is 24.2 Å². The molecule has 3 N–H and O–H groups in total. The predicted octanol–water partition coefficient (Wildman–Crippen LogP) is 1.86. The fraction of sp³-hybridized carbons (Fsp3) is 0.294. The number of carbonyl (C=O) groups excluding carboxylic acids is 2. The van der Waals surface area contributed by atoms with Crippen molar-refractivity contribution < 1.29 is 14.0 Å². The molecular formula is C17H17N3O3S. The number of rotatable bonds is 2. The van der Waals surface area contributed by atoms with E-state index < -0.39 is 6.17 Å². The first kappa shape index (κ1) is 15.3. The third kappa shape index (κ3) is 2.32. The summed E-state index contributed by atoms with van der Waals surface area (Å²) in [5.41, 5.74) is 1.59. The number of likely N-dealkylation sites (N-methyl/N-ethyl adjacent to an activating group) is 1. The Morgan fingerprint density at radius 1 is 1.33 bits per heavy atom. The summed E-state index contributed by atoms with van der Waals surface area (Å²) < 4.78 is 5.85. The van der Waals surface area contributed by atoms with Crippen LogP contribution in [0.4, 0.5) is 0 Å². The van der Waals surface area contributed by atoms with Crippen LogP contribution in [0.15, 0.2) is 45.2 Å². The van der Waals surface area contributed by atoms with Gasteiger partial charge in [0, 0.05) is 12.4 Å². The van der Waals surface area contributed by atoms with Gasteiger partial charge >= 0.3 is 0 Å². The smallest absolute Gasteiger partial charge is 0.257 e. The Balaban J connectivity index is 1.61. The molecule has 3 heterocycles. The van der Waals surface area contributed by atoms with Crippen LogP contribution < -0.4 is 16.0 Å². The van der Waals surface area contributed by atoms with E-state index >= 15 is 0 Å². The highest BCUT2D eigenvalue weighted by Gasteiger charge is 2.45. The molecule has 2 aromatic rings. The summed E-state index contributed by atoms with van der Waals surface area (Å²) in [5.74, 6) is 0.0764. The summed E-state index contributed by atoms with van der Waals surface area (Å²) >= 11 is 1.40. The van der Waals surface area contributed by atoms with Crippen LogP contribution in [0.1, 0.15) is 18.8 Å². The number of nitrogens with one attached hydrogen (secondary N) is 3. The zero-order valence-electron chi connectivity index (χ0n) is 13.3. The second kappa shape index (κ2) is 5.68. The van der Waals surface area contributed by atoms with Crippen molar-refractivity contribution in [1.82, 2.24) is 16.0 Å². The number of amides is 2. The van der Waals surface area contributed by atoms with Gasteiger partial charge in [-0.05, 0) is 24.6 Å². The van der Waals surface area contributed by atoms with Crippen LogP contribution in [0, 0.1) is 5.92 Å². The molecule has 4 rings (SSSR count). The van der Waals surface area contributed by atoms with E-state index in [0.717, 1.165) is 16.5 Å². The Hall–Kier alpha value is -2.25. The van der Waals surface area contributed by atoms with Crippen LogP contribution in [0.2, 0.25) is 0 Å². The van der Waals surface area contributed by atoms with Crippen molar-refractivity contribution in [3.05, 3.63) is 46.6 Å². The average molecular weight is 343 g/mol. The molecule has 1 aromatic carbocycles. The second-order valence-electron chi connectivity index (χ2n) is 5.90. The lowest BCUT2D eigenvalue weighted by Gasteiger charge is -2.32. The van der Waals surface area contributed by atoms with E-state index in [2.05, 4.69) is 16.0 Å². The summed E-state index contributed by atoms with van der Waals surface area (Å²) in [6, 6.07) is 9.64. The van der Waals surface area contributed by atoms with Crippen molar-refractivity contribution in [3.8, 4) is 0 Å². The van der Waals surface area contributed by atoms with Gasteiger partial charge in [-0.3, -0.25) is 14.9 Å². The molecule has 6 nitrogen and oxygen atoms in total. The molecule has 0 radical (unpaired) electrons. The number of carbonyl (C=O) groups is 2. The molecule has 3 atom stereocenters. The number of furan rings is 1. The van der Waals surface area contributed by atoms with Crippen molar-refractivity contribution in [3.63, 3.8) is 0 Å². The van der Waals surface area contributed by atoms with Gasteiger partial charge in [0.25, 0.3) is 5.91 Å². The Labute approximate surface area is 143 Å². The third-order valence-corrected chi connectivity index (χ3v) is 5.84. The fourth-order valence-electron chi connectivity index (χ4n) is 3.20. The maximum atomic E-state index is 12.6. The fourth-order valence-corrected chi connectivity index (χ4v) is 4.65. The van der Waals surface area contributed by atoms with E-state index in [1.807, 2.05) is 37.3 Å². The van der Waals surface area contributed by atoms with Gasteiger partial charge in [0.15, 0.2) is 0 Å². The Bertz CT molecular complexity index is 840. The van der Waals surface area contributed by atoms with Crippen LogP contribution in [0.3, 0.4) is 0 Å². The number of para-hydroxylation sites is 1. The quantitative estimate of drug-likeness (QED) is 0.775. The first-order chi connectivity index (χ1) is 11.6. The summed E-state index contributed by atoms with van der Waals surface area (Å²) in [4.78, 5) is 25.2. The molecule has 0 spiro atoms. The predicted molar refractivity (Wildman–Crippen MR) is 91.9 cm³/mol. The van der Waals surface area contributed by atoms with Gasteiger partial charge in [-0.1, -0.05) is 18.2 Å². The molecule has 0 aliphatic carbocycles. The topological polar surface area (TPSA) is 83.4 Å². The lowest BCUT2D eigenvalue weighted by molar-refractivity contribution is -0.127. The molecule has 0 saturated carbocycles. The van der Waals surface area contributed by atoms with Gasteiger partial charge in [-0.2, -0.15) is 0 Å². The standard InChI is InChI=1S/C17H17N3O3S/c1-8-12-15(21)19-14(20-17(12)24-13(8)16(22)18-2)11-7-9-5-3-4-6-10(9)23-11/h3-7,12,14,17,20H,1-2H3,(H,18,22)(H,19,21). The highest BCUT2D eigenvalue weighted by atomic mass is 32.2. The van der Waals surface area contributed by atoms with Gasteiger partial charge in [0.2, 0.25) is 5.91 Å². The van der Waals surface area contributed by atoms with Crippen molar-refractivity contribution in [2.45, 2.75) is 18.5 Å². The minimum atomic E-state index is -0.407. The molecule has 124 valence electrons. The van der Waals surface area contributed by atoms with Gasteiger partial charge in [0.1, 0.15) is 17.5 Å². The van der Waals surface area contributed by atoms with Gasteiger partial charge < -0.3 is 15.1 Å². The van der Waals surface area contributed by atoms with Crippen LogP contribution in [0.25, 0.3) is 11.0 Å². The van der Waals surface area contributed by atoms with Crippen LogP contribution in [0.5, 0.6) is 0 Å². The van der Waals surface area contributed by atoms with Crippen molar-refractivity contribution in [2.75, 3.05) is 7.05 Å². The molecular weight excluding hydrogens is 326 g/mol. The lowest BCUT2D eigenvalue weighted by atomic mass is 9.96. The monoisotopic (exact) mass is 343 g/mol. The van der Waals surface area contributed by atoms with Crippen molar-refractivity contribution in [1.29, 1.82) is 0 Å². The minimum absolute atomic E-state index is 0.0897. The third-order valence-electron chi connectivity index (χ3n) is 4.43. The zero-order valence-corrected chi connectivity index (χ0v) is 14.1. The summed E-state index contributed by atoms with van der Waals surface area (Å²) in [5, 5.41) is 9.77. The van der Waals surface area contributed by atoms with Gasteiger partial charge in [-0.15, -0.1) is 11.8 Å². The largest absolute Gasteiger partial charge is 0.457 e. The molecule has 24 heavy (non-hydrogen) atoms. The Kier molecular flexibility index (Phi) is 3.62. The molecule has 1 aromatic heterocycles. The zero-order chi connectivity index (χ0) is 16.8. The average Bonchev–Trinajstić information content (AvgIpc) is 3.15. The summed E-state index contributed by atoms with van der Waals surface area (Å²) in [6.45, 7) is 1.84. The molecule has 0 bridgehead atoms. The molecule has 3 unspecified atom stereocenters. The number of thioether (sulfide) groups is 1. The van der Waals surface area contributed by atoms with Crippen molar-refractivity contribution >= 4 is 34.5 Å². The van der Waals surface area contributed by atoms with E-state index in [4.69, 9.17) is 4.42 Å². The molecule has 7 heteroatoms. The number of hydrogen-bond donors (Lipinski definition) is 3. The molecule has 2 aliphatic rings. The Morgan fingerprint density at radius 2 is 2.12 bits per heavy atom. The van der Waals surface area contributed by atoms with E-state index in [1.165, 1.54) is 11.8 Å².